The second kappa shape index (κ2) is 6.31. The Balaban J connectivity index is 1.43. The van der Waals surface area contributed by atoms with Gasteiger partial charge in [0.15, 0.2) is 0 Å². The Morgan fingerprint density at radius 2 is 1.35 bits per heavy atom. The summed E-state index contributed by atoms with van der Waals surface area (Å²) in [7, 11) is 0. The molecule has 2 aromatic rings. The zero-order chi connectivity index (χ0) is 15.6. The van der Waals surface area contributed by atoms with Gasteiger partial charge in [0.2, 0.25) is 0 Å². The SMILES string of the molecule is C/C(=C/c1ccc(CC2CO2)cc1)c1ccc(CC2CO2)cc1. The van der Waals surface area contributed by atoms with E-state index in [-0.39, 0.29) is 0 Å². The van der Waals surface area contributed by atoms with Crippen molar-refractivity contribution in [2.75, 3.05) is 13.2 Å². The predicted octanol–water partition coefficient (Wildman–Crippen LogP) is 4.13. The quantitative estimate of drug-likeness (QED) is 0.592. The molecule has 2 heteroatoms. The van der Waals surface area contributed by atoms with Crippen molar-refractivity contribution in [1.82, 2.24) is 0 Å². The molecule has 2 fully saturated rings. The van der Waals surface area contributed by atoms with Gasteiger partial charge in [0.1, 0.15) is 0 Å². The lowest BCUT2D eigenvalue weighted by Gasteiger charge is -2.05. The summed E-state index contributed by atoms with van der Waals surface area (Å²) in [6.07, 6.45) is 5.23. The van der Waals surface area contributed by atoms with Crippen molar-refractivity contribution in [1.29, 1.82) is 0 Å². The molecular formula is C21H22O2. The highest BCUT2D eigenvalue weighted by molar-refractivity contribution is 5.80. The number of hydrogen-bond donors (Lipinski definition) is 0. The minimum Gasteiger partial charge on any atom is -0.373 e. The van der Waals surface area contributed by atoms with Crippen molar-refractivity contribution in [3.8, 4) is 0 Å². The molecule has 0 aromatic heterocycles. The van der Waals surface area contributed by atoms with E-state index in [9.17, 15) is 0 Å². The van der Waals surface area contributed by atoms with Gasteiger partial charge in [-0.1, -0.05) is 54.6 Å². The van der Waals surface area contributed by atoms with Gasteiger partial charge < -0.3 is 9.47 Å². The maximum absolute atomic E-state index is 5.29. The first-order valence-electron chi connectivity index (χ1n) is 8.36. The molecule has 2 aliphatic rings. The average molecular weight is 306 g/mol. The van der Waals surface area contributed by atoms with Crippen LogP contribution < -0.4 is 0 Å². The van der Waals surface area contributed by atoms with E-state index in [1.165, 1.54) is 27.8 Å². The van der Waals surface area contributed by atoms with Crippen LogP contribution in [-0.2, 0) is 22.3 Å². The fourth-order valence-electron chi connectivity index (χ4n) is 2.88. The lowest BCUT2D eigenvalue weighted by molar-refractivity contribution is 0.407. The molecule has 118 valence electrons. The van der Waals surface area contributed by atoms with Crippen molar-refractivity contribution in [3.05, 3.63) is 70.8 Å². The van der Waals surface area contributed by atoms with Gasteiger partial charge in [-0.2, -0.15) is 0 Å². The third kappa shape index (κ3) is 4.10. The first-order chi connectivity index (χ1) is 11.3. The van der Waals surface area contributed by atoms with Gasteiger partial charge in [0, 0.05) is 12.8 Å². The van der Waals surface area contributed by atoms with Crippen LogP contribution in [0.3, 0.4) is 0 Å². The van der Waals surface area contributed by atoms with Crippen LogP contribution in [0.2, 0.25) is 0 Å². The van der Waals surface area contributed by atoms with E-state index in [0.717, 1.165) is 26.1 Å². The van der Waals surface area contributed by atoms with Crippen molar-refractivity contribution in [2.24, 2.45) is 0 Å². The highest BCUT2D eigenvalue weighted by atomic mass is 16.6. The molecule has 2 unspecified atom stereocenters. The average Bonchev–Trinajstić information content (AvgIpc) is 3.47. The van der Waals surface area contributed by atoms with Crippen LogP contribution in [-0.4, -0.2) is 25.4 Å². The number of ether oxygens (including phenoxy) is 2. The van der Waals surface area contributed by atoms with E-state index >= 15 is 0 Å². The topological polar surface area (TPSA) is 25.1 Å². The van der Waals surface area contributed by atoms with E-state index < -0.39 is 0 Å². The predicted molar refractivity (Wildman–Crippen MR) is 93.3 cm³/mol. The molecule has 0 aliphatic carbocycles. The molecule has 2 nitrogen and oxygen atoms in total. The molecule has 0 radical (unpaired) electrons. The first-order valence-corrected chi connectivity index (χ1v) is 8.36. The van der Waals surface area contributed by atoms with Crippen molar-refractivity contribution >= 4 is 11.6 Å². The second-order valence-electron chi connectivity index (χ2n) is 6.58. The van der Waals surface area contributed by atoms with Gasteiger partial charge in [-0.05, 0) is 34.8 Å². The number of epoxide rings is 2. The minimum absolute atomic E-state index is 0.456. The third-order valence-corrected chi connectivity index (χ3v) is 4.50. The number of allylic oxidation sites excluding steroid dienone is 1. The normalized spacial score (nSPS) is 22.9. The molecule has 4 rings (SSSR count). The van der Waals surface area contributed by atoms with Crippen LogP contribution in [0.25, 0.3) is 11.6 Å². The fourth-order valence-corrected chi connectivity index (χ4v) is 2.88. The molecule has 0 spiro atoms. The van der Waals surface area contributed by atoms with Crippen LogP contribution in [0.5, 0.6) is 0 Å². The number of benzene rings is 2. The molecule has 2 saturated heterocycles. The molecule has 2 aliphatic heterocycles. The molecule has 0 amide bonds. The Bertz CT molecular complexity index is 690. The fraction of sp³-hybridized carbons (Fsp3) is 0.333. The smallest absolute Gasteiger partial charge is 0.0850 e. The summed E-state index contributed by atoms with van der Waals surface area (Å²) in [5.74, 6) is 0. The van der Waals surface area contributed by atoms with Crippen LogP contribution in [0.1, 0.15) is 29.2 Å². The van der Waals surface area contributed by atoms with Crippen LogP contribution in [0.4, 0.5) is 0 Å². The van der Waals surface area contributed by atoms with Crippen molar-refractivity contribution < 1.29 is 9.47 Å². The maximum Gasteiger partial charge on any atom is 0.0850 e. The first kappa shape index (κ1) is 14.7. The van der Waals surface area contributed by atoms with Gasteiger partial charge in [-0.3, -0.25) is 0 Å². The van der Waals surface area contributed by atoms with E-state index in [4.69, 9.17) is 9.47 Å². The monoisotopic (exact) mass is 306 g/mol. The molecule has 0 saturated carbocycles. The van der Waals surface area contributed by atoms with E-state index in [1.807, 2.05) is 0 Å². The summed E-state index contributed by atoms with van der Waals surface area (Å²) < 4.78 is 10.6. The third-order valence-electron chi connectivity index (χ3n) is 4.50. The van der Waals surface area contributed by atoms with Gasteiger partial charge in [-0.25, -0.2) is 0 Å². The second-order valence-corrected chi connectivity index (χ2v) is 6.58. The number of rotatable bonds is 6. The summed E-state index contributed by atoms with van der Waals surface area (Å²) in [5, 5.41) is 0. The Kier molecular flexibility index (Phi) is 4.02. The van der Waals surface area contributed by atoms with Gasteiger partial charge in [0.05, 0.1) is 25.4 Å². The summed E-state index contributed by atoms with van der Waals surface area (Å²) >= 11 is 0. The zero-order valence-corrected chi connectivity index (χ0v) is 13.5. The minimum atomic E-state index is 0.456. The van der Waals surface area contributed by atoms with Crippen LogP contribution in [0, 0.1) is 0 Å². The summed E-state index contributed by atoms with van der Waals surface area (Å²) in [4.78, 5) is 0. The molecule has 2 atom stereocenters. The van der Waals surface area contributed by atoms with Gasteiger partial charge in [-0.15, -0.1) is 0 Å². The highest BCUT2D eigenvalue weighted by Crippen LogP contribution is 2.22. The van der Waals surface area contributed by atoms with E-state index in [0.29, 0.717) is 12.2 Å². The standard InChI is InChI=1S/C21H22O2/c1-15(19-8-6-18(7-9-19)12-21-14-23-21)10-16-2-4-17(5-3-16)11-20-13-22-20/h2-10,20-21H,11-14H2,1H3/b15-10-. The van der Waals surface area contributed by atoms with Crippen LogP contribution in [0.15, 0.2) is 48.5 Å². The maximum atomic E-state index is 5.29. The Morgan fingerprint density at radius 1 is 0.870 bits per heavy atom. The molecule has 0 bridgehead atoms. The number of hydrogen-bond acceptors (Lipinski definition) is 2. The Hall–Kier alpha value is -1.90. The molecule has 2 heterocycles. The van der Waals surface area contributed by atoms with Crippen molar-refractivity contribution in [3.63, 3.8) is 0 Å². The lowest BCUT2D eigenvalue weighted by Crippen LogP contribution is -1.93. The lowest BCUT2D eigenvalue weighted by atomic mass is 10.0. The molecular weight excluding hydrogens is 284 g/mol. The summed E-state index contributed by atoms with van der Waals surface area (Å²) in [5.41, 5.74) is 6.53. The van der Waals surface area contributed by atoms with E-state index in [2.05, 4.69) is 61.5 Å². The molecule has 0 N–H and O–H groups in total. The van der Waals surface area contributed by atoms with Crippen LogP contribution >= 0.6 is 0 Å². The van der Waals surface area contributed by atoms with Gasteiger partial charge in [0.25, 0.3) is 0 Å². The molecule has 2 aromatic carbocycles. The Labute approximate surface area is 137 Å². The van der Waals surface area contributed by atoms with E-state index in [1.54, 1.807) is 0 Å². The van der Waals surface area contributed by atoms with Crippen molar-refractivity contribution in [2.45, 2.75) is 32.0 Å². The largest absolute Gasteiger partial charge is 0.373 e. The zero-order valence-electron chi connectivity index (χ0n) is 13.5. The summed E-state index contributed by atoms with van der Waals surface area (Å²) in [6.45, 7) is 4.01. The highest BCUT2D eigenvalue weighted by Gasteiger charge is 2.22. The Morgan fingerprint density at radius 3 is 1.83 bits per heavy atom. The summed E-state index contributed by atoms with van der Waals surface area (Å²) in [6, 6.07) is 17.7. The molecule has 23 heavy (non-hydrogen) atoms. The van der Waals surface area contributed by atoms with Gasteiger partial charge >= 0.3 is 0 Å².